The predicted octanol–water partition coefficient (Wildman–Crippen LogP) is 2.42. The maximum atomic E-state index is 12.0. The number of methoxy groups -OCH3 is 1. The number of esters is 1. The highest BCUT2D eigenvalue weighted by Crippen LogP contribution is 2.13. The Labute approximate surface area is 132 Å². The van der Waals surface area contributed by atoms with E-state index in [-0.39, 0.29) is 24.3 Å². The fourth-order valence-electron chi connectivity index (χ4n) is 2.33. The molecule has 1 aromatic carbocycles. The number of amides is 1. The van der Waals surface area contributed by atoms with E-state index in [9.17, 15) is 9.59 Å². The predicted molar refractivity (Wildman–Crippen MR) is 87.8 cm³/mol. The Hall–Kier alpha value is -1.88. The van der Waals surface area contributed by atoms with Crippen molar-refractivity contribution in [2.75, 3.05) is 19.0 Å². The van der Waals surface area contributed by atoms with Crippen molar-refractivity contribution in [1.82, 2.24) is 5.32 Å². The van der Waals surface area contributed by atoms with Gasteiger partial charge in [-0.05, 0) is 43.0 Å². The van der Waals surface area contributed by atoms with Crippen molar-refractivity contribution in [3.05, 3.63) is 29.3 Å². The average Bonchev–Trinajstić information content (AvgIpc) is 2.45. The number of anilines is 1. The summed E-state index contributed by atoms with van der Waals surface area (Å²) in [6.45, 7) is 7.99. The lowest BCUT2D eigenvalue weighted by Gasteiger charge is -2.21. The van der Waals surface area contributed by atoms with Gasteiger partial charge in [0.1, 0.15) is 6.04 Å². The summed E-state index contributed by atoms with van der Waals surface area (Å²) in [5.74, 6) is -0.419. The van der Waals surface area contributed by atoms with Crippen molar-refractivity contribution in [2.24, 2.45) is 5.92 Å². The minimum absolute atomic E-state index is 0.0666. The maximum absolute atomic E-state index is 12.0. The molecule has 0 bridgehead atoms. The molecule has 122 valence electrons. The van der Waals surface area contributed by atoms with Gasteiger partial charge in [0, 0.05) is 5.69 Å². The summed E-state index contributed by atoms with van der Waals surface area (Å²) < 4.78 is 4.78. The van der Waals surface area contributed by atoms with Crippen LogP contribution in [-0.4, -0.2) is 31.6 Å². The lowest BCUT2D eigenvalue weighted by Crippen LogP contribution is -2.45. The standard InChI is InChI=1S/C17H26N2O3/c1-6-13(4)16(17(21)22-5)18-10-15(20)19-14-8-11(2)7-12(3)9-14/h7-9,13,16,18H,6,10H2,1-5H3,(H,19,20). The van der Waals surface area contributed by atoms with E-state index in [1.807, 2.05) is 45.9 Å². The molecule has 2 unspecified atom stereocenters. The Balaban J connectivity index is 2.61. The van der Waals surface area contributed by atoms with Crippen molar-refractivity contribution < 1.29 is 14.3 Å². The molecular formula is C17H26N2O3. The van der Waals surface area contributed by atoms with Crippen molar-refractivity contribution in [3.63, 3.8) is 0 Å². The fraction of sp³-hybridized carbons (Fsp3) is 0.529. The molecular weight excluding hydrogens is 280 g/mol. The molecule has 0 aliphatic rings. The molecule has 0 aromatic heterocycles. The van der Waals surface area contributed by atoms with E-state index in [2.05, 4.69) is 10.6 Å². The normalized spacial score (nSPS) is 13.3. The lowest BCUT2D eigenvalue weighted by atomic mass is 9.99. The van der Waals surface area contributed by atoms with Crippen LogP contribution in [0.25, 0.3) is 0 Å². The zero-order valence-corrected chi connectivity index (χ0v) is 14.0. The summed E-state index contributed by atoms with van der Waals surface area (Å²) in [6.07, 6.45) is 0.825. The number of rotatable bonds is 7. The maximum Gasteiger partial charge on any atom is 0.323 e. The molecule has 5 nitrogen and oxygen atoms in total. The van der Waals surface area contributed by atoms with Crippen molar-refractivity contribution in [2.45, 2.75) is 40.2 Å². The third kappa shape index (κ3) is 5.48. The van der Waals surface area contributed by atoms with Crippen LogP contribution in [0, 0.1) is 19.8 Å². The summed E-state index contributed by atoms with van der Waals surface area (Å²) in [6, 6.07) is 5.40. The minimum Gasteiger partial charge on any atom is -0.468 e. The molecule has 0 radical (unpaired) electrons. The van der Waals surface area contributed by atoms with Crippen LogP contribution in [0.15, 0.2) is 18.2 Å². The van der Waals surface area contributed by atoms with E-state index in [1.165, 1.54) is 7.11 Å². The zero-order chi connectivity index (χ0) is 16.7. The Morgan fingerprint density at radius 3 is 2.27 bits per heavy atom. The summed E-state index contributed by atoms with van der Waals surface area (Å²) in [5.41, 5.74) is 2.95. The second kappa shape index (κ2) is 8.54. The molecule has 2 N–H and O–H groups in total. The van der Waals surface area contributed by atoms with Crippen molar-refractivity contribution >= 4 is 17.6 Å². The van der Waals surface area contributed by atoms with Crippen LogP contribution in [0.4, 0.5) is 5.69 Å². The number of aryl methyl sites for hydroxylation is 2. The third-order valence-electron chi connectivity index (χ3n) is 3.66. The first-order valence-corrected chi connectivity index (χ1v) is 7.56. The largest absolute Gasteiger partial charge is 0.468 e. The van der Waals surface area contributed by atoms with Gasteiger partial charge in [-0.15, -0.1) is 0 Å². The SMILES string of the molecule is CCC(C)C(NCC(=O)Nc1cc(C)cc(C)c1)C(=O)OC. The molecule has 0 saturated heterocycles. The van der Waals surface area contributed by atoms with E-state index >= 15 is 0 Å². The Morgan fingerprint density at radius 1 is 1.18 bits per heavy atom. The van der Waals surface area contributed by atoms with Gasteiger partial charge in [0.05, 0.1) is 13.7 Å². The third-order valence-corrected chi connectivity index (χ3v) is 3.66. The number of carbonyl (C=O) groups excluding carboxylic acids is 2. The first-order chi connectivity index (χ1) is 10.4. The second-order valence-corrected chi connectivity index (χ2v) is 5.69. The molecule has 0 fully saturated rings. The minimum atomic E-state index is -0.472. The quantitative estimate of drug-likeness (QED) is 0.759. The summed E-state index contributed by atoms with van der Waals surface area (Å²) in [7, 11) is 1.36. The van der Waals surface area contributed by atoms with E-state index in [4.69, 9.17) is 4.74 Å². The molecule has 1 rings (SSSR count). The van der Waals surface area contributed by atoms with Crippen LogP contribution in [0.2, 0.25) is 0 Å². The highest BCUT2D eigenvalue weighted by Gasteiger charge is 2.24. The summed E-state index contributed by atoms with van der Waals surface area (Å²) >= 11 is 0. The van der Waals surface area contributed by atoms with E-state index in [0.717, 1.165) is 23.2 Å². The summed E-state index contributed by atoms with van der Waals surface area (Å²) in [5, 5.41) is 5.82. The van der Waals surface area contributed by atoms with Gasteiger partial charge in [0.15, 0.2) is 0 Å². The zero-order valence-electron chi connectivity index (χ0n) is 14.0. The Bertz CT molecular complexity index is 508. The molecule has 1 amide bonds. The van der Waals surface area contributed by atoms with Gasteiger partial charge in [-0.1, -0.05) is 26.3 Å². The number of benzene rings is 1. The summed E-state index contributed by atoms with van der Waals surface area (Å²) in [4.78, 5) is 23.8. The second-order valence-electron chi connectivity index (χ2n) is 5.69. The highest BCUT2D eigenvalue weighted by atomic mass is 16.5. The fourth-order valence-corrected chi connectivity index (χ4v) is 2.33. The van der Waals surface area contributed by atoms with Crippen LogP contribution in [0.5, 0.6) is 0 Å². The number of carbonyl (C=O) groups is 2. The first kappa shape index (κ1) is 18.2. The number of hydrogen-bond donors (Lipinski definition) is 2. The lowest BCUT2D eigenvalue weighted by molar-refractivity contribution is -0.144. The van der Waals surface area contributed by atoms with Gasteiger partial charge in [-0.25, -0.2) is 0 Å². The highest BCUT2D eigenvalue weighted by molar-refractivity contribution is 5.92. The van der Waals surface area contributed by atoms with Crippen LogP contribution >= 0.6 is 0 Å². The number of hydrogen-bond acceptors (Lipinski definition) is 4. The van der Waals surface area contributed by atoms with Crippen molar-refractivity contribution in [1.29, 1.82) is 0 Å². The van der Waals surface area contributed by atoms with Gasteiger partial charge >= 0.3 is 5.97 Å². The van der Waals surface area contributed by atoms with Gasteiger partial charge in [0.25, 0.3) is 0 Å². The smallest absolute Gasteiger partial charge is 0.323 e. The number of nitrogens with one attached hydrogen (secondary N) is 2. The van der Waals surface area contributed by atoms with E-state index in [0.29, 0.717) is 0 Å². The molecule has 0 spiro atoms. The Morgan fingerprint density at radius 2 is 1.77 bits per heavy atom. The van der Waals surface area contributed by atoms with Crippen LogP contribution in [0.3, 0.4) is 0 Å². The number of ether oxygens (including phenoxy) is 1. The topological polar surface area (TPSA) is 67.4 Å². The van der Waals surface area contributed by atoms with Gasteiger partial charge in [0.2, 0.25) is 5.91 Å². The molecule has 2 atom stereocenters. The van der Waals surface area contributed by atoms with Gasteiger partial charge in [-0.2, -0.15) is 0 Å². The molecule has 0 heterocycles. The molecule has 0 saturated carbocycles. The molecule has 0 aliphatic carbocycles. The molecule has 1 aromatic rings. The van der Waals surface area contributed by atoms with Gasteiger partial charge in [-0.3, -0.25) is 14.9 Å². The van der Waals surface area contributed by atoms with Crippen molar-refractivity contribution in [3.8, 4) is 0 Å². The van der Waals surface area contributed by atoms with Gasteiger partial charge < -0.3 is 10.1 Å². The average molecular weight is 306 g/mol. The van der Waals surface area contributed by atoms with Crippen LogP contribution in [0.1, 0.15) is 31.4 Å². The van der Waals surface area contributed by atoms with Crippen LogP contribution in [-0.2, 0) is 14.3 Å². The van der Waals surface area contributed by atoms with E-state index in [1.54, 1.807) is 0 Å². The molecule has 22 heavy (non-hydrogen) atoms. The monoisotopic (exact) mass is 306 g/mol. The van der Waals surface area contributed by atoms with E-state index < -0.39 is 6.04 Å². The molecule has 0 aliphatic heterocycles. The first-order valence-electron chi connectivity index (χ1n) is 7.56. The Kier molecular flexibility index (Phi) is 7.05. The van der Waals surface area contributed by atoms with Crippen LogP contribution < -0.4 is 10.6 Å². The molecule has 5 heteroatoms.